The maximum atomic E-state index is 10.3. The Bertz CT molecular complexity index is 35.3. The van der Waals surface area contributed by atoms with Crippen LogP contribution in [0.4, 0.5) is 4.11 Å². The molecule has 0 aliphatic carbocycles. The first kappa shape index (κ1) is 16.0. The van der Waals surface area contributed by atoms with Crippen LogP contribution in [0, 0.1) is 0 Å². The fourth-order valence-corrected chi connectivity index (χ4v) is 0. The van der Waals surface area contributed by atoms with Gasteiger partial charge in [-0.3, -0.25) is 0 Å². The summed E-state index contributed by atoms with van der Waals surface area (Å²) in [6.45, 7) is 0. The van der Waals surface area contributed by atoms with E-state index in [1.54, 1.807) is 14.1 Å². The smallest absolute Gasteiger partial charge is 0.201 e. The lowest BCUT2D eigenvalue weighted by Gasteiger charge is -2.26. The molecular formula is C2H13FN2O3Si. The van der Waals surface area contributed by atoms with Crippen LogP contribution in [0.5, 0.6) is 0 Å². The minimum absolute atomic E-state index is 1.75. The number of halogens is 1. The van der Waals surface area contributed by atoms with Crippen molar-refractivity contribution in [2.75, 3.05) is 14.1 Å². The predicted octanol–water partition coefficient (Wildman–Crippen LogP) is -5.18. The summed E-state index contributed by atoms with van der Waals surface area (Å²) in [5.74, 6) is 0. The van der Waals surface area contributed by atoms with Gasteiger partial charge >= 0.3 is 0 Å². The van der Waals surface area contributed by atoms with Crippen LogP contribution in [0.3, 0.4) is 0 Å². The molecule has 0 radical (unpaired) electrons. The van der Waals surface area contributed by atoms with Gasteiger partial charge in [-0.2, -0.15) is 0 Å². The van der Waals surface area contributed by atoms with Gasteiger partial charge in [-0.15, -0.1) is 0 Å². The van der Waals surface area contributed by atoms with E-state index in [1.165, 1.54) is 0 Å². The molecule has 0 spiro atoms. The molecule has 0 aromatic rings. The van der Waals surface area contributed by atoms with Crippen LogP contribution in [0.1, 0.15) is 0 Å². The summed E-state index contributed by atoms with van der Waals surface area (Å²) < 4.78 is 10.3. The molecule has 0 aliphatic rings. The fourth-order valence-electron chi connectivity index (χ4n) is 0. The van der Waals surface area contributed by atoms with E-state index in [-0.39, 0.29) is 0 Å². The topological polar surface area (TPSA) is 122 Å². The highest BCUT2D eigenvalue weighted by molar-refractivity contribution is 6.43. The normalized spacial score (nSPS) is 8.00. The van der Waals surface area contributed by atoms with E-state index in [0.717, 1.165) is 0 Å². The fraction of sp³-hybridized carbons (Fsp3) is 1.00. The minimum Gasteiger partial charge on any atom is -0.825 e. The van der Waals surface area contributed by atoms with Gasteiger partial charge in [-0.05, 0) is 0 Å². The van der Waals surface area contributed by atoms with Crippen molar-refractivity contribution >= 4 is 9.14 Å². The third-order valence-electron chi connectivity index (χ3n) is 0. The van der Waals surface area contributed by atoms with Gasteiger partial charge in [-0.1, -0.05) is 0 Å². The summed E-state index contributed by atoms with van der Waals surface area (Å²) in [6, 6.07) is 0. The average Bonchev–Trinajstić information content (AvgIpc) is 1.72. The molecule has 0 atom stereocenters. The Kier molecular flexibility index (Phi) is 19.3. The molecule has 0 amide bonds. The molecule has 7 heteroatoms. The third-order valence-corrected chi connectivity index (χ3v) is 0. The van der Waals surface area contributed by atoms with Crippen LogP contribution >= 0.6 is 0 Å². The summed E-state index contributed by atoms with van der Waals surface area (Å²) >= 11 is 0. The van der Waals surface area contributed by atoms with Crippen molar-refractivity contribution in [2.24, 2.45) is 0 Å². The van der Waals surface area contributed by atoms with Gasteiger partial charge < -0.3 is 30.0 Å². The van der Waals surface area contributed by atoms with E-state index in [2.05, 4.69) is 11.5 Å². The van der Waals surface area contributed by atoms with Crippen LogP contribution in [-0.4, -0.2) is 28.0 Å². The van der Waals surface area contributed by atoms with E-state index in [0.29, 0.717) is 0 Å². The molecule has 0 fully saturated rings. The molecule has 0 rings (SSSR count). The number of hydrogen-bond donors (Lipinski definition) is 3. The van der Waals surface area contributed by atoms with Crippen molar-refractivity contribution in [3.63, 3.8) is 0 Å². The molecule has 0 unspecified atom stereocenters. The van der Waals surface area contributed by atoms with Crippen LogP contribution < -0.4 is 21.1 Å². The van der Waals surface area contributed by atoms with Crippen molar-refractivity contribution in [3.05, 3.63) is 0 Å². The highest BCUT2D eigenvalue weighted by atomic mass is 28.4. The number of rotatable bonds is 0. The largest absolute Gasteiger partial charge is 0.825 e. The zero-order valence-corrected chi connectivity index (χ0v) is 6.56. The molecule has 60 valence electrons. The van der Waals surface area contributed by atoms with Gasteiger partial charge in [0.2, 0.25) is 9.14 Å². The zero-order chi connectivity index (χ0) is 8.50. The highest BCUT2D eigenvalue weighted by Crippen LogP contribution is 1.65. The summed E-state index contributed by atoms with van der Waals surface area (Å²) in [6.07, 6.45) is 0. The molecule has 5 nitrogen and oxygen atoms in total. The lowest BCUT2D eigenvalue weighted by atomic mass is 11.6. The van der Waals surface area contributed by atoms with E-state index in [1.807, 2.05) is 0 Å². The van der Waals surface area contributed by atoms with Crippen LogP contribution in [0.2, 0.25) is 0 Å². The maximum Gasteiger partial charge on any atom is 0.201 e. The van der Waals surface area contributed by atoms with Gasteiger partial charge in [0.05, 0.1) is 14.1 Å². The molecular weight excluding hydrogens is 147 g/mol. The van der Waals surface area contributed by atoms with Crippen LogP contribution in [0.25, 0.3) is 0 Å². The first-order chi connectivity index (χ1) is 4.00. The number of quaternary nitrogens is 2. The molecule has 0 bridgehead atoms. The quantitative estimate of drug-likeness (QED) is 0.242. The highest BCUT2D eigenvalue weighted by Gasteiger charge is 1.85. The Balaban J connectivity index is -0.0000000771. The molecule has 0 heterocycles. The Labute approximate surface area is 54.3 Å². The van der Waals surface area contributed by atoms with E-state index in [9.17, 15) is 4.11 Å². The van der Waals surface area contributed by atoms with Crippen molar-refractivity contribution < 1.29 is 30.0 Å². The Hall–Kier alpha value is -0.0531. The lowest BCUT2D eigenvalue weighted by molar-refractivity contribution is -0.422. The van der Waals surface area contributed by atoms with E-state index >= 15 is 0 Å². The first-order valence-electron chi connectivity index (χ1n) is 2.24. The molecule has 7 N–H and O–H groups in total. The SMILES string of the molecule is C[NH3+].C[NH3+].[O-][Si]([O-])(O)F. The Morgan fingerprint density at radius 2 is 1.22 bits per heavy atom. The van der Waals surface area contributed by atoms with Gasteiger partial charge in [-0.25, -0.2) is 0 Å². The van der Waals surface area contributed by atoms with E-state index < -0.39 is 9.14 Å². The van der Waals surface area contributed by atoms with Gasteiger partial charge in [0.25, 0.3) is 0 Å². The monoisotopic (exact) mass is 160 g/mol. The summed E-state index contributed by atoms with van der Waals surface area (Å²) in [5.41, 5.74) is 6.50. The lowest BCUT2D eigenvalue weighted by Crippen LogP contribution is -2.58. The van der Waals surface area contributed by atoms with Crippen molar-refractivity contribution in [1.82, 2.24) is 0 Å². The standard InChI is InChI=1S/2CH5N.FHO3Si/c2*1-2;1-5(2,3)4/h2*2H2,1H3;2H/q;;-2/p+2. The first-order valence-corrected chi connectivity index (χ1v) is 3.88. The van der Waals surface area contributed by atoms with Gasteiger partial charge in [0.1, 0.15) is 0 Å². The van der Waals surface area contributed by atoms with E-state index in [4.69, 9.17) is 14.4 Å². The predicted molar refractivity (Wildman–Crippen MR) is 26.7 cm³/mol. The van der Waals surface area contributed by atoms with Gasteiger partial charge in [0.15, 0.2) is 0 Å². The van der Waals surface area contributed by atoms with Crippen LogP contribution in [0.15, 0.2) is 0 Å². The second kappa shape index (κ2) is 10.8. The maximum absolute atomic E-state index is 10.3. The number of hydrogen-bond acceptors (Lipinski definition) is 3. The van der Waals surface area contributed by atoms with Crippen LogP contribution in [-0.2, 0) is 0 Å². The second-order valence-electron chi connectivity index (χ2n) is 0.505. The Morgan fingerprint density at radius 3 is 1.22 bits per heavy atom. The molecule has 0 aliphatic heterocycles. The van der Waals surface area contributed by atoms with Gasteiger partial charge in [0, 0.05) is 0 Å². The molecule has 0 aromatic carbocycles. The molecule has 0 saturated heterocycles. The minimum atomic E-state index is -5.61. The van der Waals surface area contributed by atoms with Crippen molar-refractivity contribution in [2.45, 2.75) is 0 Å². The van der Waals surface area contributed by atoms with Crippen molar-refractivity contribution in [3.8, 4) is 0 Å². The Morgan fingerprint density at radius 1 is 1.22 bits per heavy atom. The van der Waals surface area contributed by atoms with Crippen molar-refractivity contribution in [1.29, 1.82) is 0 Å². The molecule has 9 heavy (non-hydrogen) atoms. The second-order valence-corrected chi connectivity index (χ2v) is 1.51. The third kappa shape index (κ3) is 99600. The zero-order valence-electron chi connectivity index (χ0n) is 5.56. The molecule has 0 saturated carbocycles. The summed E-state index contributed by atoms with van der Waals surface area (Å²) in [4.78, 5) is 24.0. The summed E-state index contributed by atoms with van der Waals surface area (Å²) in [7, 11) is -2.11. The summed E-state index contributed by atoms with van der Waals surface area (Å²) in [5, 5.41) is 0. The average molecular weight is 160 g/mol. The molecule has 0 aromatic heterocycles.